The van der Waals surface area contributed by atoms with Crippen molar-refractivity contribution in [1.29, 1.82) is 0 Å². The van der Waals surface area contributed by atoms with Gasteiger partial charge >= 0.3 is 5.63 Å². The minimum absolute atomic E-state index is 0.00167. The Balaban J connectivity index is 2.61. The third kappa shape index (κ3) is 1.67. The van der Waals surface area contributed by atoms with E-state index in [0.717, 1.165) is 0 Å². The van der Waals surface area contributed by atoms with Crippen LogP contribution >= 0.6 is 0 Å². The van der Waals surface area contributed by atoms with E-state index in [1.54, 1.807) is 0 Å². The van der Waals surface area contributed by atoms with Crippen LogP contribution < -0.4 is 11.4 Å². The highest BCUT2D eigenvalue weighted by Gasteiger charge is 2.33. The van der Waals surface area contributed by atoms with Crippen LogP contribution in [0, 0.1) is 5.41 Å². The molecule has 1 aliphatic carbocycles. The average Bonchev–Trinajstić information content (AvgIpc) is 2.07. The first-order chi connectivity index (χ1) is 6.89. The molecule has 0 unspecified atom stereocenters. The fourth-order valence-electron chi connectivity index (χ4n) is 1.92. The molecule has 0 aromatic carbocycles. The number of anilines is 1. The fourth-order valence-corrected chi connectivity index (χ4v) is 1.92. The number of nitrogen functional groups attached to an aromatic ring is 1. The number of Topliss-reactive ketones (excluding diaryl/α,β-unsaturated/α-hetero) is 1. The molecular formula is C11H13NO3. The van der Waals surface area contributed by atoms with E-state index in [-0.39, 0.29) is 16.9 Å². The topological polar surface area (TPSA) is 73.3 Å². The van der Waals surface area contributed by atoms with E-state index < -0.39 is 5.63 Å². The molecular weight excluding hydrogens is 194 g/mol. The van der Waals surface area contributed by atoms with E-state index >= 15 is 0 Å². The second-order valence-electron chi connectivity index (χ2n) is 4.77. The summed E-state index contributed by atoms with van der Waals surface area (Å²) in [5.74, 6) is 0.465. The van der Waals surface area contributed by atoms with Crippen LogP contribution in [0.3, 0.4) is 0 Å². The molecule has 0 atom stereocenters. The maximum Gasteiger partial charge on any atom is 0.359 e. The van der Waals surface area contributed by atoms with Crippen LogP contribution in [-0.4, -0.2) is 5.78 Å². The monoisotopic (exact) mass is 207 g/mol. The second-order valence-corrected chi connectivity index (χ2v) is 4.77. The molecule has 0 spiro atoms. The molecule has 0 aliphatic heterocycles. The van der Waals surface area contributed by atoms with Crippen molar-refractivity contribution in [2.24, 2.45) is 5.41 Å². The molecule has 2 rings (SSSR count). The molecule has 0 fully saturated rings. The summed E-state index contributed by atoms with van der Waals surface area (Å²) in [6, 6.07) is 1.43. The van der Waals surface area contributed by atoms with E-state index in [1.807, 2.05) is 13.8 Å². The van der Waals surface area contributed by atoms with Gasteiger partial charge in [-0.3, -0.25) is 4.79 Å². The van der Waals surface area contributed by atoms with Crippen molar-refractivity contribution >= 4 is 11.5 Å². The van der Waals surface area contributed by atoms with Gasteiger partial charge in [0.15, 0.2) is 5.78 Å². The van der Waals surface area contributed by atoms with E-state index in [2.05, 4.69) is 0 Å². The molecule has 1 aromatic heterocycles. The van der Waals surface area contributed by atoms with Crippen molar-refractivity contribution in [1.82, 2.24) is 0 Å². The summed E-state index contributed by atoms with van der Waals surface area (Å²) in [5.41, 5.74) is 5.18. The fraction of sp³-hybridized carbons (Fsp3) is 0.455. The molecule has 0 saturated heterocycles. The molecule has 0 radical (unpaired) electrons. The zero-order valence-corrected chi connectivity index (χ0v) is 8.79. The minimum Gasteiger partial charge on any atom is -0.426 e. The molecule has 1 heterocycles. The zero-order chi connectivity index (χ0) is 11.2. The van der Waals surface area contributed by atoms with Gasteiger partial charge in [0, 0.05) is 12.8 Å². The Morgan fingerprint density at radius 3 is 2.67 bits per heavy atom. The first-order valence-electron chi connectivity index (χ1n) is 4.85. The summed E-state index contributed by atoms with van der Waals surface area (Å²) in [4.78, 5) is 23.0. The third-order valence-electron chi connectivity index (χ3n) is 2.63. The van der Waals surface area contributed by atoms with Gasteiger partial charge in [-0.05, 0) is 11.5 Å². The standard InChI is InChI=1S/C11H13NO3/c1-11(2)4-8(13)6-3-7(12)10(14)15-9(6)5-11/h3H,4-5,12H2,1-2H3. The second kappa shape index (κ2) is 2.95. The summed E-state index contributed by atoms with van der Waals surface area (Å²) < 4.78 is 5.04. The van der Waals surface area contributed by atoms with Gasteiger partial charge in [-0.15, -0.1) is 0 Å². The quantitative estimate of drug-likeness (QED) is 0.697. The van der Waals surface area contributed by atoms with E-state index in [1.165, 1.54) is 6.07 Å². The Kier molecular flexibility index (Phi) is 1.96. The smallest absolute Gasteiger partial charge is 0.359 e. The molecule has 0 bridgehead atoms. The molecule has 2 N–H and O–H groups in total. The van der Waals surface area contributed by atoms with Crippen LogP contribution in [0.1, 0.15) is 36.4 Å². The van der Waals surface area contributed by atoms with Gasteiger partial charge in [0.25, 0.3) is 0 Å². The van der Waals surface area contributed by atoms with Gasteiger partial charge in [0.2, 0.25) is 0 Å². The largest absolute Gasteiger partial charge is 0.426 e. The van der Waals surface area contributed by atoms with Gasteiger partial charge in [0.05, 0.1) is 5.56 Å². The van der Waals surface area contributed by atoms with Crippen molar-refractivity contribution in [2.45, 2.75) is 26.7 Å². The lowest BCUT2D eigenvalue weighted by Gasteiger charge is -2.28. The zero-order valence-electron chi connectivity index (χ0n) is 8.79. The lowest BCUT2D eigenvalue weighted by Crippen LogP contribution is -2.28. The summed E-state index contributed by atoms with van der Waals surface area (Å²) >= 11 is 0. The molecule has 4 heteroatoms. The van der Waals surface area contributed by atoms with Crippen LogP contribution in [0.15, 0.2) is 15.3 Å². The highest BCUT2D eigenvalue weighted by Crippen LogP contribution is 2.34. The van der Waals surface area contributed by atoms with Gasteiger partial charge in [0.1, 0.15) is 11.4 Å². The Morgan fingerprint density at radius 1 is 1.33 bits per heavy atom. The third-order valence-corrected chi connectivity index (χ3v) is 2.63. The number of fused-ring (bicyclic) bond motifs is 1. The molecule has 80 valence electrons. The normalized spacial score (nSPS) is 18.7. The van der Waals surface area contributed by atoms with Crippen molar-refractivity contribution in [3.63, 3.8) is 0 Å². The summed E-state index contributed by atoms with van der Waals surface area (Å²) in [7, 11) is 0. The van der Waals surface area contributed by atoms with Gasteiger partial charge < -0.3 is 10.2 Å². The van der Waals surface area contributed by atoms with Crippen molar-refractivity contribution in [3.05, 3.63) is 27.8 Å². The summed E-state index contributed by atoms with van der Waals surface area (Å²) in [5, 5.41) is 0. The molecule has 1 aromatic rings. The maximum atomic E-state index is 11.7. The van der Waals surface area contributed by atoms with Crippen molar-refractivity contribution in [2.75, 3.05) is 5.73 Å². The Morgan fingerprint density at radius 2 is 2.00 bits per heavy atom. The van der Waals surface area contributed by atoms with E-state index in [9.17, 15) is 9.59 Å². The van der Waals surface area contributed by atoms with Gasteiger partial charge in [-0.25, -0.2) is 4.79 Å². The average molecular weight is 207 g/mol. The molecule has 1 aliphatic rings. The number of carbonyl (C=O) groups excluding carboxylic acids is 1. The van der Waals surface area contributed by atoms with Gasteiger partial charge in [-0.2, -0.15) is 0 Å². The predicted molar refractivity (Wildman–Crippen MR) is 55.8 cm³/mol. The number of rotatable bonds is 0. The van der Waals surface area contributed by atoms with Crippen LogP contribution in [0.2, 0.25) is 0 Å². The van der Waals surface area contributed by atoms with E-state index in [0.29, 0.717) is 24.2 Å². The first-order valence-corrected chi connectivity index (χ1v) is 4.85. The maximum absolute atomic E-state index is 11.7. The lowest BCUT2D eigenvalue weighted by molar-refractivity contribution is 0.0898. The number of ketones is 1. The van der Waals surface area contributed by atoms with Crippen LogP contribution in [0.5, 0.6) is 0 Å². The van der Waals surface area contributed by atoms with Crippen LogP contribution in [-0.2, 0) is 6.42 Å². The Labute approximate surface area is 87.1 Å². The minimum atomic E-state index is -0.556. The number of hydrogen-bond donors (Lipinski definition) is 1. The molecule has 0 amide bonds. The number of carbonyl (C=O) groups is 1. The van der Waals surface area contributed by atoms with Crippen LogP contribution in [0.25, 0.3) is 0 Å². The molecule has 15 heavy (non-hydrogen) atoms. The highest BCUT2D eigenvalue weighted by atomic mass is 16.4. The number of hydrogen-bond acceptors (Lipinski definition) is 4. The highest BCUT2D eigenvalue weighted by molar-refractivity contribution is 5.98. The predicted octanol–water partition coefficient (Wildman–Crippen LogP) is 1.38. The van der Waals surface area contributed by atoms with Crippen molar-refractivity contribution in [3.8, 4) is 0 Å². The molecule has 4 nitrogen and oxygen atoms in total. The van der Waals surface area contributed by atoms with E-state index in [4.69, 9.17) is 10.2 Å². The molecule has 0 saturated carbocycles. The Hall–Kier alpha value is -1.58. The number of nitrogens with two attached hydrogens (primary N) is 1. The summed E-state index contributed by atoms with van der Waals surface area (Å²) in [6.45, 7) is 3.95. The van der Waals surface area contributed by atoms with Crippen molar-refractivity contribution < 1.29 is 9.21 Å². The Bertz CT molecular complexity index is 485. The summed E-state index contributed by atoms with van der Waals surface area (Å²) in [6.07, 6.45) is 1.07. The lowest BCUT2D eigenvalue weighted by atomic mass is 9.76. The van der Waals surface area contributed by atoms with Crippen LogP contribution in [0.4, 0.5) is 5.69 Å². The van der Waals surface area contributed by atoms with Gasteiger partial charge in [-0.1, -0.05) is 13.8 Å². The SMILES string of the molecule is CC1(C)CC(=O)c2cc(N)c(=O)oc2C1. The first kappa shape index (κ1) is 9.96.